The Morgan fingerprint density at radius 3 is 2.85 bits per heavy atom. The minimum Gasteiger partial charge on any atom is -0.481 e. The van der Waals surface area contributed by atoms with Crippen LogP contribution in [0.2, 0.25) is 0 Å². The Labute approximate surface area is 113 Å². The van der Waals surface area contributed by atoms with Gasteiger partial charge in [-0.15, -0.1) is 0 Å². The summed E-state index contributed by atoms with van der Waals surface area (Å²) in [5.74, 6) is -0.358. The molecule has 1 rings (SSSR count). The summed E-state index contributed by atoms with van der Waals surface area (Å²) in [6.07, 6.45) is -2.59. The van der Waals surface area contributed by atoms with Gasteiger partial charge in [0, 0.05) is 43.2 Å². The summed E-state index contributed by atoms with van der Waals surface area (Å²) in [7, 11) is 1.49. The van der Waals surface area contributed by atoms with Gasteiger partial charge in [-0.05, 0) is 6.07 Å². The molecule has 110 valence electrons. The van der Waals surface area contributed by atoms with Crippen molar-refractivity contribution in [2.75, 3.05) is 25.5 Å². The normalized spacial score (nSPS) is 11.4. The molecule has 1 heterocycles. The van der Waals surface area contributed by atoms with Crippen molar-refractivity contribution in [3.8, 4) is 5.88 Å². The van der Waals surface area contributed by atoms with Crippen LogP contribution in [-0.4, -0.2) is 37.3 Å². The van der Waals surface area contributed by atoms with Gasteiger partial charge in [-0.25, -0.2) is 4.98 Å². The highest BCUT2D eigenvalue weighted by molar-refractivity contribution is 5.87. The second-order valence-electron chi connectivity index (χ2n) is 3.68. The van der Waals surface area contributed by atoms with Crippen LogP contribution in [0.5, 0.6) is 5.88 Å². The molecule has 0 aliphatic rings. The molecule has 1 aromatic heterocycles. The van der Waals surface area contributed by atoms with E-state index in [2.05, 4.69) is 15.6 Å². The minimum atomic E-state index is -4.48. The first-order chi connectivity index (χ1) is 9.40. The van der Waals surface area contributed by atoms with E-state index < -0.39 is 12.1 Å². The van der Waals surface area contributed by atoms with Gasteiger partial charge in [0.25, 0.3) is 0 Å². The first-order valence-corrected chi connectivity index (χ1v) is 5.68. The highest BCUT2D eigenvalue weighted by atomic mass is 19.4. The molecule has 0 aromatic carbocycles. The number of anilines is 1. The molecule has 2 N–H and O–H groups in total. The molecule has 0 unspecified atom stereocenters. The number of hydrogen-bond acceptors (Lipinski definition) is 4. The van der Waals surface area contributed by atoms with Crippen molar-refractivity contribution in [1.82, 2.24) is 10.3 Å². The predicted molar refractivity (Wildman–Crippen MR) is 67.5 cm³/mol. The number of hydrogen-bond donors (Lipinski definition) is 2. The Bertz CT molecular complexity index is 475. The summed E-state index contributed by atoms with van der Waals surface area (Å²) in [4.78, 5) is 15.0. The molecule has 0 bridgehead atoms. The molecular formula is C12H14F3N3O2. The molecular weight excluding hydrogens is 275 g/mol. The number of carbonyl (C=O) groups excluding carboxylic acids is 1. The van der Waals surface area contributed by atoms with Crippen LogP contribution < -0.4 is 15.4 Å². The smallest absolute Gasteiger partial charge is 0.409 e. The quantitative estimate of drug-likeness (QED) is 0.618. The highest BCUT2D eigenvalue weighted by Gasteiger charge is 2.22. The second-order valence-corrected chi connectivity index (χ2v) is 3.68. The Kier molecular flexibility index (Phi) is 5.82. The SMILES string of the molecule is COc1cc(NCCNC(=O)/C=C/C(F)(F)F)ccn1. The van der Waals surface area contributed by atoms with Crippen molar-refractivity contribution < 1.29 is 22.7 Å². The van der Waals surface area contributed by atoms with E-state index >= 15 is 0 Å². The monoisotopic (exact) mass is 289 g/mol. The molecule has 0 fully saturated rings. The third-order valence-electron chi connectivity index (χ3n) is 2.12. The van der Waals surface area contributed by atoms with Crippen molar-refractivity contribution in [1.29, 1.82) is 0 Å². The van der Waals surface area contributed by atoms with Gasteiger partial charge in [0.1, 0.15) is 0 Å². The lowest BCUT2D eigenvalue weighted by atomic mass is 10.4. The lowest BCUT2D eigenvalue weighted by Gasteiger charge is -2.07. The summed E-state index contributed by atoms with van der Waals surface area (Å²) in [6, 6.07) is 3.36. The number of carbonyl (C=O) groups is 1. The predicted octanol–water partition coefficient (Wildman–Crippen LogP) is 1.74. The molecule has 0 saturated carbocycles. The molecule has 1 aromatic rings. The van der Waals surface area contributed by atoms with Crippen molar-refractivity contribution in [2.45, 2.75) is 6.18 Å². The molecule has 0 radical (unpaired) electrons. The standard InChI is InChI=1S/C12H14F3N3O2/c1-20-11-8-9(3-5-18-11)16-6-7-17-10(19)2-4-12(13,14)15/h2-5,8H,6-7H2,1H3,(H,16,18)(H,17,19)/b4-2+. The second kappa shape index (κ2) is 7.37. The molecule has 0 aliphatic carbocycles. The van der Waals surface area contributed by atoms with Gasteiger partial charge >= 0.3 is 6.18 Å². The zero-order chi connectivity index (χ0) is 15.0. The zero-order valence-corrected chi connectivity index (χ0v) is 10.7. The number of rotatable bonds is 6. The van der Waals surface area contributed by atoms with Gasteiger partial charge in [-0.1, -0.05) is 0 Å². The summed E-state index contributed by atoms with van der Waals surface area (Å²) < 4.78 is 40.3. The maximum Gasteiger partial charge on any atom is 0.409 e. The molecule has 20 heavy (non-hydrogen) atoms. The topological polar surface area (TPSA) is 63.2 Å². The highest BCUT2D eigenvalue weighted by Crippen LogP contribution is 2.15. The van der Waals surface area contributed by atoms with E-state index in [4.69, 9.17) is 4.74 Å². The van der Waals surface area contributed by atoms with Gasteiger partial charge in [0.15, 0.2) is 0 Å². The Morgan fingerprint density at radius 1 is 1.45 bits per heavy atom. The number of aromatic nitrogens is 1. The van der Waals surface area contributed by atoms with Gasteiger partial charge in [-0.2, -0.15) is 13.2 Å². The third kappa shape index (κ3) is 6.62. The number of amides is 1. The molecule has 5 nitrogen and oxygen atoms in total. The van der Waals surface area contributed by atoms with Crippen LogP contribution in [0, 0.1) is 0 Å². The molecule has 0 aliphatic heterocycles. The molecule has 1 amide bonds. The van der Waals surface area contributed by atoms with E-state index in [1.807, 2.05) is 0 Å². The number of nitrogens with zero attached hydrogens (tertiary/aromatic N) is 1. The fraction of sp³-hybridized carbons (Fsp3) is 0.333. The first kappa shape index (κ1) is 15.8. The lowest BCUT2D eigenvalue weighted by molar-refractivity contribution is -0.117. The summed E-state index contributed by atoms with van der Waals surface area (Å²) >= 11 is 0. The molecule has 8 heteroatoms. The van der Waals surface area contributed by atoms with Gasteiger partial charge < -0.3 is 15.4 Å². The van der Waals surface area contributed by atoms with E-state index in [0.29, 0.717) is 18.5 Å². The number of pyridine rings is 1. The third-order valence-corrected chi connectivity index (χ3v) is 2.12. The number of ether oxygens (including phenoxy) is 1. The van der Waals surface area contributed by atoms with Crippen LogP contribution in [-0.2, 0) is 4.79 Å². The summed E-state index contributed by atoms with van der Waals surface area (Å²) in [6.45, 7) is 0.546. The summed E-state index contributed by atoms with van der Waals surface area (Å²) in [5.41, 5.74) is 0.733. The van der Waals surface area contributed by atoms with E-state index in [1.54, 1.807) is 18.3 Å². The zero-order valence-electron chi connectivity index (χ0n) is 10.7. The van der Waals surface area contributed by atoms with Crippen molar-refractivity contribution >= 4 is 11.6 Å². The Morgan fingerprint density at radius 2 is 2.20 bits per heavy atom. The van der Waals surface area contributed by atoms with Crippen molar-refractivity contribution in [2.24, 2.45) is 0 Å². The number of methoxy groups -OCH3 is 1. The maximum absolute atomic E-state index is 11.8. The maximum atomic E-state index is 11.8. The molecule has 0 spiro atoms. The number of nitrogens with one attached hydrogen (secondary N) is 2. The van der Waals surface area contributed by atoms with Crippen molar-refractivity contribution in [3.63, 3.8) is 0 Å². The van der Waals surface area contributed by atoms with Gasteiger partial charge in [-0.3, -0.25) is 4.79 Å². The van der Waals surface area contributed by atoms with E-state index in [1.165, 1.54) is 7.11 Å². The summed E-state index contributed by atoms with van der Waals surface area (Å²) in [5, 5.41) is 5.29. The molecule has 0 atom stereocenters. The van der Waals surface area contributed by atoms with Crippen LogP contribution in [0.25, 0.3) is 0 Å². The average Bonchev–Trinajstić information content (AvgIpc) is 2.41. The Balaban J connectivity index is 2.28. The number of alkyl halides is 3. The van der Waals surface area contributed by atoms with Crippen LogP contribution in [0.15, 0.2) is 30.5 Å². The van der Waals surface area contributed by atoms with E-state index in [0.717, 1.165) is 5.69 Å². The van der Waals surface area contributed by atoms with Crippen LogP contribution in [0.1, 0.15) is 0 Å². The lowest BCUT2D eigenvalue weighted by Crippen LogP contribution is -2.27. The first-order valence-electron chi connectivity index (χ1n) is 5.68. The average molecular weight is 289 g/mol. The number of halogens is 3. The van der Waals surface area contributed by atoms with Gasteiger partial charge in [0.05, 0.1) is 7.11 Å². The van der Waals surface area contributed by atoms with Gasteiger partial charge in [0.2, 0.25) is 11.8 Å². The number of allylic oxidation sites excluding steroid dienone is 1. The van der Waals surface area contributed by atoms with Crippen molar-refractivity contribution in [3.05, 3.63) is 30.5 Å². The van der Waals surface area contributed by atoms with Crippen LogP contribution in [0.4, 0.5) is 18.9 Å². The van der Waals surface area contributed by atoms with E-state index in [9.17, 15) is 18.0 Å². The largest absolute Gasteiger partial charge is 0.481 e. The Hall–Kier alpha value is -2.25. The van der Waals surface area contributed by atoms with Crippen LogP contribution in [0.3, 0.4) is 0 Å². The fourth-order valence-electron chi connectivity index (χ4n) is 1.25. The fourth-order valence-corrected chi connectivity index (χ4v) is 1.25. The van der Waals surface area contributed by atoms with Crippen LogP contribution >= 0.6 is 0 Å². The van der Waals surface area contributed by atoms with E-state index in [-0.39, 0.29) is 12.6 Å². The minimum absolute atomic E-state index is 0.108. The molecule has 0 saturated heterocycles.